The molecule has 3 aliphatic heterocycles. The van der Waals surface area contributed by atoms with E-state index in [0.717, 1.165) is 4.90 Å². The van der Waals surface area contributed by atoms with Gasteiger partial charge in [0, 0.05) is 29.3 Å². The van der Waals surface area contributed by atoms with E-state index in [4.69, 9.17) is 10.5 Å². The van der Waals surface area contributed by atoms with Crippen LogP contribution in [-0.4, -0.2) is 41.7 Å². The predicted octanol–water partition coefficient (Wildman–Crippen LogP) is 0.491. The van der Waals surface area contributed by atoms with Crippen molar-refractivity contribution >= 4 is 29.3 Å². The van der Waals surface area contributed by atoms with Gasteiger partial charge in [0.2, 0.25) is 23.6 Å². The third-order valence-corrected chi connectivity index (χ3v) is 6.66. The molecule has 0 bridgehead atoms. The van der Waals surface area contributed by atoms with Crippen molar-refractivity contribution in [2.24, 2.45) is 17.6 Å². The average Bonchev–Trinajstić information content (AvgIpc) is 3.34. The van der Waals surface area contributed by atoms with Crippen LogP contribution in [0.5, 0.6) is 5.75 Å². The van der Waals surface area contributed by atoms with E-state index in [1.165, 1.54) is 7.11 Å². The van der Waals surface area contributed by atoms with E-state index in [1.807, 2.05) is 0 Å². The van der Waals surface area contributed by atoms with E-state index < -0.39 is 47.0 Å². The van der Waals surface area contributed by atoms with Crippen LogP contribution in [0.15, 0.2) is 48.5 Å². The van der Waals surface area contributed by atoms with Crippen molar-refractivity contribution in [3.05, 3.63) is 59.7 Å². The summed E-state index contributed by atoms with van der Waals surface area (Å²) in [5, 5.41) is 5.98. The number of anilines is 1. The van der Waals surface area contributed by atoms with Gasteiger partial charge in [-0.05, 0) is 12.1 Å². The van der Waals surface area contributed by atoms with Gasteiger partial charge in [-0.25, -0.2) is 0 Å². The van der Waals surface area contributed by atoms with Gasteiger partial charge in [-0.2, -0.15) is 0 Å². The number of rotatable bonds is 5. The molecule has 3 aliphatic rings. The molecule has 5 rings (SSSR count). The Bertz CT molecular complexity index is 1160. The maximum atomic E-state index is 13.7. The maximum absolute atomic E-state index is 13.7. The van der Waals surface area contributed by atoms with Crippen LogP contribution < -0.4 is 21.1 Å². The lowest BCUT2D eigenvalue weighted by molar-refractivity contribution is -0.143. The van der Waals surface area contributed by atoms with Crippen molar-refractivity contribution in [2.75, 3.05) is 12.4 Å². The topological polar surface area (TPSA) is 131 Å². The van der Waals surface area contributed by atoms with Crippen LogP contribution in [0.25, 0.3) is 0 Å². The largest absolute Gasteiger partial charge is 0.496 e. The molecule has 2 unspecified atom stereocenters. The molecule has 0 saturated carbocycles. The number of nitrogens with one attached hydrogen (secondary N) is 2. The summed E-state index contributed by atoms with van der Waals surface area (Å²) in [6.07, 6.45) is -0.167. The molecule has 1 spiro atoms. The summed E-state index contributed by atoms with van der Waals surface area (Å²) in [5.41, 5.74) is 5.83. The van der Waals surface area contributed by atoms with Gasteiger partial charge in [-0.1, -0.05) is 36.4 Å². The molecule has 3 heterocycles. The molecule has 9 nitrogen and oxygen atoms in total. The molecule has 4 amide bonds. The number of amides is 4. The number of primary amides is 1. The summed E-state index contributed by atoms with van der Waals surface area (Å²) in [4.78, 5) is 53.4. The van der Waals surface area contributed by atoms with Crippen LogP contribution in [0, 0.1) is 11.8 Å². The smallest absolute Gasteiger partial charge is 0.250 e. The molecule has 2 aromatic carbocycles. The van der Waals surface area contributed by atoms with E-state index in [9.17, 15) is 19.2 Å². The zero-order chi connectivity index (χ0) is 22.6. The Morgan fingerprint density at radius 3 is 2.56 bits per heavy atom. The van der Waals surface area contributed by atoms with Crippen LogP contribution in [-0.2, 0) is 31.3 Å². The molecule has 9 heteroatoms. The Hall–Kier alpha value is -3.72. The number of hydrogen-bond donors (Lipinski definition) is 3. The van der Waals surface area contributed by atoms with Crippen molar-refractivity contribution in [1.29, 1.82) is 0 Å². The van der Waals surface area contributed by atoms with Crippen LogP contribution in [0.3, 0.4) is 0 Å². The second-order valence-corrected chi connectivity index (χ2v) is 8.31. The number of benzene rings is 2. The van der Waals surface area contributed by atoms with E-state index in [-0.39, 0.29) is 13.0 Å². The van der Waals surface area contributed by atoms with Crippen LogP contribution in [0.1, 0.15) is 17.5 Å². The summed E-state index contributed by atoms with van der Waals surface area (Å²) >= 11 is 0. The number of nitrogens with zero attached hydrogens (tertiary/aromatic N) is 1. The fraction of sp³-hybridized carbons (Fsp3) is 0.304. The van der Waals surface area contributed by atoms with Gasteiger partial charge >= 0.3 is 0 Å². The second-order valence-electron chi connectivity index (χ2n) is 8.31. The molecule has 4 N–H and O–H groups in total. The minimum Gasteiger partial charge on any atom is -0.496 e. The Balaban J connectivity index is 1.60. The molecule has 32 heavy (non-hydrogen) atoms. The fourth-order valence-corrected chi connectivity index (χ4v) is 5.37. The maximum Gasteiger partial charge on any atom is 0.250 e. The average molecular weight is 434 g/mol. The number of ether oxygens (including phenoxy) is 1. The summed E-state index contributed by atoms with van der Waals surface area (Å²) in [7, 11) is 1.52. The molecule has 2 fully saturated rings. The molecular weight excluding hydrogens is 412 g/mol. The van der Waals surface area contributed by atoms with Crippen molar-refractivity contribution in [3.63, 3.8) is 0 Å². The zero-order valence-electron chi connectivity index (χ0n) is 17.3. The summed E-state index contributed by atoms with van der Waals surface area (Å²) in [6.45, 7) is 0.0112. The van der Waals surface area contributed by atoms with Crippen molar-refractivity contribution in [1.82, 2.24) is 10.2 Å². The first-order chi connectivity index (χ1) is 15.4. The van der Waals surface area contributed by atoms with Crippen molar-refractivity contribution in [3.8, 4) is 5.75 Å². The van der Waals surface area contributed by atoms with Gasteiger partial charge in [0.15, 0.2) is 0 Å². The third-order valence-electron chi connectivity index (χ3n) is 6.66. The summed E-state index contributed by atoms with van der Waals surface area (Å²) in [6, 6.07) is 13.4. The van der Waals surface area contributed by atoms with Gasteiger partial charge < -0.3 is 15.8 Å². The number of nitrogens with two attached hydrogens (primary N) is 1. The summed E-state index contributed by atoms with van der Waals surface area (Å²) in [5.74, 6) is -3.25. The van der Waals surface area contributed by atoms with E-state index in [2.05, 4.69) is 10.6 Å². The molecule has 164 valence electrons. The first-order valence-electron chi connectivity index (χ1n) is 10.3. The number of imide groups is 1. The molecule has 0 aliphatic carbocycles. The lowest BCUT2D eigenvalue weighted by Crippen LogP contribution is -2.53. The minimum atomic E-state index is -1.44. The number of para-hydroxylation sites is 2. The van der Waals surface area contributed by atoms with Gasteiger partial charge in [-0.3, -0.25) is 29.4 Å². The van der Waals surface area contributed by atoms with Gasteiger partial charge in [-0.15, -0.1) is 0 Å². The van der Waals surface area contributed by atoms with Crippen LogP contribution in [0.4, 0.5) is 5.69 Å². The molecule has 0 aromatic heterocycles. The zero-order valence-corrected chi connectivity index (χ0v) is 17.3. The molecular formula is C23H22N4O5. The molecule has 2 aromatic rings. The second kappa shape index (κ2) is 7.16. The molecule has 0 radical (unpaired) electrons. The number of fused-ring (bicyclic) bond motifs is 4. The quantitative estimate of drug-likeness (QED) is 0.587. The fourth-order valence-electron chi connectivity index (χ4n) is 5.37. The Morgan fingerprint density at radius 2 is 1.81 bits per heavy atom. The Labute approximate surface area is 183 Å². The minimum absolute atomic E-state index is 0.0112. The number of carbonyl (C=O) groups is 4. The SMILES string of the molecule is COc1ccccc1CN1C(=O)[C@@H]2C(CC(N)=O)NC3(C(=O)Nc4ccccc43)[C@@H]2C1=O. The van der Waals surface area contributed by atoms with E-state index in [1.54, 1.807) is 48.5 Å². The standard InChI is InChI=1S/C23H22N4O5/c1-32-16-9-5-2-6-12(16)11-27-20(29)18-15(10-17(24)28)26-23(19(18)21(27)30)13-7-3-4-8-14(13)25-22(23)31/h2-9,15,18-19,26H,10-11H2,1H3,(H2,24,28)(H,25,31)/t15?,18-,19+,23?/m1/s1. The van der Waals surface area contributed by atoms with Crippen molar-refractivity contribution in [2.45, 2.75) is 24.5 Å². The predicted molar refractivity (Wildman–Crippen MR) is 113 cm³/mol. The highest BCUT2D eigenvalue weighted by Gasteiger charge is 2.70. The highest BCUT2D eigenvalue weighted by Crippen LogP contribution is 2.53. The monoisotopic (exact) mass is 434 g/mol. The highest BCUT2D eigenvalue weighted by molar-refractivity contribution is 6.15. The molecule has 2 saturated heterocycles. The number of hydrogen-bond acceptors (Lipinski definition) is 6. The van der Waals surface area contributed by atoms with E-state index >= 15 is 0 Å². The molecule has 4 atom stereocenters. The number of likely N-dealkylation sites (tertiary alicyclic amines) is 1. The Morgan fingerprint density at radius 1 is 1.09 bits per heavy atom. The van der Waals surface area contributed by atoms with Gasteiger partial charge in [0.05, 0.1) is 25.5 Å². The lowest BCUT2D eigenvalue weighted by Gasteiger charge is -2.29. The van der Waals surface area contributed by atoms with Crippen molar-refractivity contribution < 1.29 is 23.9 Å². The first kappa shape index (κ1) is 20.2. The third kappa shape index (κ3) is 2.67. The highest BCUT2D eigenvalue weighted by atomic mass is 16.5. The Kier molecular flexibility index (Phi) is 4.52. The number of methoxy groups -OCH3 is 1. The normalized spacial score (nSPS) is 28.1. The summed E-state index contributed by atoms with van der Waals surface area (Å²) < 4.78 is 5.36. The first-order valence-corrected chi connectivity index (χ1v) is 10.3. The van der Waals surface area contributed by atoms with Crippen LogP contribution in [0.2, 0.25) is 0 Å². The van der Waals surface area contributed by atoms with Gasteiger partial charge in [0.25, 0.3) is 0 Å². The number of carbonyl (C=O) groups excluding carboxylic acids is 4. The van der Waals surface area contributed by atoms with Gasteiger partial charge in [0.1, 0.15) is 11.3 Å². The van der Waals surface area contributed by atoms with Crippen LogP contribution >= 0.6 is 0 Å². The van der Waals surface area contributed by atoms with E-state index in [0.29, 0.717) is 22.6 Å². The lowest BCUT2D eigenvalue weighted by atomic mass is 9.76.